The monoisotopic (exact) mass is 844 g/mol. The molecule has 0 atom stereocenters. The first-order valence-corrected chi connectivity index (χ1v) is 22.8. The number of hydrogen-bond donors (Lipinski definition) is 0. The fourth-order valence-corrected chi connectivity index (χ4v) is 10.8. The van der Waals surface area contributed by atoms with Gasteiger partial charge in [-0.05, 0) is 123 Å². The van der Waals surface area contributed by atoms with Gasteiger partial charge in [-0.2, -0.15) is 0 Å². The fourth-order valence-electron chi connectivity index (χ4n) is 10.8. The minimum absolute atomic E-state index is 0.150. The van der Waals surface area contributed by atoms with Crippen LogP contribution in [0.4, 0.5) is 17.1 Å². The zero-order valence-corrected chi connectivity index (χ0v) is 36.7. The van der Waals surface area contributed by atoms with Crippen LogP contribution in [0, 0.1) is 0 Å². The van der Waals surface area contributed by atoms with Crippen LogP contribution in [0.5, 0.6) is 0 Å². The predicted molar refractivity (Wildman–Crippen MR) is 277 cm³/mol. The molecule has 0 N–H and O–H groups in total. The molecule has 2 aromatic heterocycles. The van der Waals surface area contributed by atoms with Crippen molar-refractivity contribution in [3.05, 3.63) is 242 Å². The first-order valence-electron chi connectivity index (χ1n) is 22.8. The van der Waals surface area contributed by atoms with E-state index >= 15 is 0 Å². The zero-order chi connectivity index (χ0) is 43.9. The molecule has 10 aromatic carbocycles. The molecule has 1 aliphatic rings. The van der Waals surface area contributed by atoms with Crippen molar-refractivity contribution >= 4 is 60.8 Å². The van der Waals surface area contributed by atoms with Gasteiger partial charge in [-0.1, -0.05) is 172 Å². The zero-order valence-electron chi connectivity index (χ0n) is 36.7. The SMILES string of the molecule is CC1(C)c2ccccc2-c2c(N(c3cccc(-c4ccccc4)c3)c3cccc4oc5ccc(-c6ccc7c(c6)c6ccccc6n7-c6cccc(-c7ccccc7)c6)cc5c34)cccc21. The van der Waals surface area contributed by atoms with Gasteiger partial charge >= 0.3 is 0 Å². The molecule has 1 aliphatic carbocycles. The highest BCUT2D eigenvalue weighted by molar-refractivity contribution is 6.16. The van der Waals surface area contributed by atoms with Gasteiger partial charge in [-0.15, -0.1) is 0 Å². The van der Waals surface area contributed by atoms with Crippen molar-refractivity contribution in [2.75, 3.05) is 4.90 Å². The van der Waals surface area contributed by atoms with Crippen molar-refractivity contribution < 1.29 is 4.42 Å². The number of para-hydroxylation sites is 1. The Kier molecular flexibility index (Phi) is 8.56. The Balaban J connectivity index is 1.00. The van der Waals surface area contributed by atoms with Gasteiger partial charge in [0.2, 0.25) is 0 Å². The average Bonchev–Trinajstić information content (AvgIpc) is 4.00. The van der Waals surface area contributed by atoms with Crippen LogP contribution in [0.1, 0.15) is 25.0 Å². The van der Waals surface area contributed by atoms with Crippen LogP contribution in [-0.2, 0) is 5.41 Å². The number of anilines is 3. The molecule has 13 rings (SSSR count). The van der Waals surface area contributed by atoms with Crippen molar-refractivity contribution in [2.45, 2.75) is 19.3 Å². The summed E-state index contributed by atoms with van der Waals surface area (Å²) in [7, 11) is 0. The maximum Gasteiger partial charge on any atom is 0.137 e. The van der Waals surface area contributed by atoms with E-state index in [0.29, 0.717) is 0 Å². The van der Waals surface area contributed by atoms with Gasteiger partial charge in [0, 0.05) is 38.5 Å². The summed E-state index contributed by atoms with van der Waals surface area (Å²) in [6, 6.07) is 83.8. The molecule has 0 fully saturated rings. The Bertz CT molecular complexity index is 3850. The molecule has 0 aliphatic heterocycles. The third kappa shape index (κ3) is 5.90. The minimum Gasteiger partial charge on any atom is -0.456 e. The van der Waals surface area contributed by atoms with Crippen LogP contribution in [0.2, 0.25) is 0 Å². The Morgan fingerprint density at radius 2 is 0.985 bits per heavy atom. The third-order valence-electron chi connectivity index (χ3n) is 14.0. The smallest absolute Gasteiger partial charge is 0.137 e. The molecule has 0 bridgehead atoms. The fraction of sp³-hybridized carbons (Fsp3) is 0.0476. The van der Waals surface area contributed by atoms with E-state index in [-0.39, 0.29) is 5.41 Å². The lowest BCUT2D eigenvalue weighted by Gasteiger charge is -2.29. The summed E-state index contributed by atoms with van der Waals surface area (Å²) in [6.45, 7) is 4.71. The quantitative estimate of drug-likeness (QED) is 0.159. The van der Waals surface area contributed by atoms with Gasteiger partial charge in [0.1, 0.15) is 11.2 Å². The summed E-state index contributed by atoms with van der Waals surface area (Å²) >= 11 is 0. The van der Waals surface area contributed by atoms with E-state index in [0.717, 1.165) is 55.8 Å². The van der Waals surface area contributed by atoms with E-state index in [1.165, 1.54) is 66.3 Å². The topological polar surface area (TPSA) is 21.3 Å². The van der Waals surface area contributed by atoms with E-state index in [1.54, 1.807) is 0 Å². The number of nitrogens with zero attached hydrogens (tertiary/aromatic N) is 2. The highest BCUT2D eigenvalue weighted by Crippen LogP contribution is 2.55. The number of hydrogen-bond acceptors (Lipinski definition) is 2. The Morgan fingerprint density at radius 3 is 1.80 bits per heavy atom. The lowest BCUT2D eigenvalue weighted by Crippen LogP contribution is -2.16. The Morgan fingerprint density at radius 1 is 0.394 bits per heavy atom. The molecule has 12 aromatic rings. The number of fused-ring (bicyclic) bond motifs is 9. The average molecular weight is 845 g/mol. The van der Waals surface area contributed by atoms with E-state index in [9.17, 15) is 0 Å². The van der Waals surface area contributed by atoms with Crippen molar-refractivity contribution in [2.24, 2.45) is 0 Å². The first-order chi connectivity index (χ1) is 32.5. The summed E-state index contributed by atoms with van der Waals surface area (Å²) in [5.74, 6) is 0. The molecule has 66 heavy (non-hydrogen) atoms. The largest absolute Gasteiger partial charge is 0.456 e. The van der Waals surface area contributed by atoms with Crippen LogP contribution in [0.3, 0.4) is 0 Å². The van der Waals surface area contributed by atoms with Crippen LogP contribution in [0.15, 0.2) is 235 Å². The maximum atomic E-state index is 6.77. The Labute approximate surface area is 384 Å². The van der Waals surface area contributed by atoms with Crippen molar-refractivity contribution in [1.82, 2.24) is 4.57 Å². The molecule has 2 heterocycles. The molecule has 3 nitrogen and oxygen atoms in total. The van der Waals surface area contributed by atoms with Crippen molar-refractivity contribution in [3.63, 3.8) is 0 Å². The molecule has 0 saturated heterocycles. The number of aromatic nitrogens is 1. The summed E-state index contributed by atoms with van der Waals surface area (Å²) in [4.78, 5) is 2.47. The molecule has 312 valence electrons. The van der Waals surface area contributed by atoms with Gasteiger partial charge in [0.15, 0.2) is 0 Å². The van der Waals surface area contributed by atoms with Gasteiger partial charge < -0.3 is 13.9 Å². The second kappa shape index (κ2) is 14.8. The lowest BCUT2D eigenvalue weighted by atomic mass is 9.82. The predicted octanol–water partition coefficient (Wildman–Crippen LogP) is 17.5. The lowest BCUT2D eigenvalue weighted by molar-refractivity contribution is 0.660. The van der Waals surface area contributed by atoms with Crippen LogP contribution in [-0.4, -0.2) is 4.57 Å². The van der Waals surface area contributed by atoms with Crippen LogP contribution < -0.4 is 4.90 Å². The first kappa shape index (κ1) is 38.1. The summed E-state index contributed by atoms with van der Waals surface area (Å²) in [5.41, 5.74) is 20.6. The molecule has 0 unspecified atom stereocenters. The van der Waals surface area contributed by atoms with Crippen LogP contribution in [0.25, 0.3) is 93.9 Å². The summed E-state index contributed by atoms with van der Waals surface area (Å²) in [5, 5.41) is 4.61. The van der Waals surface area contributed by atoms with Crippen molar-refractivity contribution in [3.8, 4) is 50.2 Å². The highest BCUT2D eigenvalue weighted by atomic mass is 16.3. The highest BCUT2D eigenvalue weighted by Gasteiger charge is 2.38. The molecule has 3 heteroatoms. The van der Waals surface area contributed by atoms with Crippen molar-refractivity contribution in [1.29, 1.82) is 0 Å². The number of furan rings is 1. The van der Waals surface area contributed by atoms with Gasteiger partial charge in [-0.3, -0.25) is 0 Å². The standard InChI is InChI=1S/C63H44N2O/c1-63(2)53-27-11-9-26-50(53)61-54(63)28-15-30-57(61)65(48-24-14-22-44(38-48)42-19-7-4-8-20-42)58-31-16-32-60-62(58)52-40-46(34-36-59(52)66-60)45-33-35-56-51(39-45)49-25-10-12-29-55(49)64(56)47-23-13-21-43(37-47)41-17-5-3-6-18-41/h3-40H,1-2H3. The third-order valence-corrected chi connectivity index (χ3v) is 14.0. The maximum absolute atomic E-state index is 6.77. The summed E-state index contributed by atoms with van der Waals surface area (Å²) in [6.07, 6.45) is 0. The normalized spacial score (nSPS) is 12.8. The van der Waals surface area contributed by atoms with E-state index in [1.807, 2.05) is 0 Å². The molecule has 0 radical (unpaired) electrons. The number of rotatable bonds is 7. The molecule has 0 spiro atoms. The molecule has 0 saturated carbocycles. The van der Waals surface area contributed by atoms with E-state index in [4.69, 9.17) is 4.42 Å². The minimum atomic E-state index is -0.150. The van der Waals surface area contributed by atoms with E-state index in [2.05, 4.69) is 254 Å². The van der Waals surface area contributed by atoms with Crippen LogP contribution >= 0.6 is 0 Å². The van der Waals surface area contributed by atoms with Gasteiger partial charge in [0.05, 0.1) is 27.8 Å². The van der Waals surface area contributed by atoms with E-state index < -0.39 is 0 Å². The van der Waals surface area contributed by atoms with Gasteiger partial charge in [-0.25, -0.2) is 0 Å². The van der Waals surface area contributed by atoms with Gasteiger partial charge in [0.25, 0.3) is 0 Å². The molecular weight excluding hydrogens is 801 g/mol. The summed E-state index contributed by atoms with van der Waals surface area (Å²) < 4.78 is 9.18. The molecular formula is C63H44N2O. The second-order valence-corrected chi connectivity index (χ2v) is 18.1. The number of benzene rings is 10. The second-order valence-electron chi connectivity index (χ2n) is 18.1. The molecule has 0 amide bonds. The Hall–Kier alpha value is -8.40.